The Kier molecular flexibility index (Phi) is 7.36. The van der Waals surface area contributed by atoms with Crippen LogP contribution in [0.2, 0.25) is 0 Å². The molecule has 3 aromatic rings. The lowest BCUT2D eigenvalue weighted by molar-refractivity contribution is -0.156. The molecule has 0 bridgehead atoms. The zero-order chi connectivity index (χ0) is 26.9. The van der Waals surface area contributed by atoms with Crippen molar-refractivity contribution in [3.63, 3.8) is 0 Å². The van der Waals surface area contributed by atoms with Crippen LogP contribution in [-0.2, 0) is 28.8 Å². The second-order valence-corrected chi connectivity index (χ2v) is 11.3. The van der Waals surface area contributed by atoms with Gasteiger partial charge in [0.05, 0.1) is 0 Å². The lowest BCUT2D eigenvalue weighted by Crippen LogP contribution is -2.39. The highest BCUT2D eigenvalue weighted by molar-refractivity contribution is 5.95. The molecule has 3 aromatic carbocycles. The maximum atomic E-state index is 13.4. The van der Waals surface area contributed by atoms with E-state index in [2.05, 4.69) is 74.5 Å². The number of nitrogens with two attached hydrogens (primary N) is 1. The Morgan fingerprint density at radius 2 is 1.66 bits per heavy atom. The minimum absolute atomic E-state index is 0.138. The van der Waals surface area contributed by atoms with E-state index in [1.165, 1.54) is 22.3 Å². The summed E-state index contributed by atoms with van der Waals surface area (Å²) in [5, 5.41) is 0. The number of ether oxygens (including phenoxy) is 1. The Morgan fingerprint density at radius 3 is 2.34 bits per heavy atom. The van der Waals surface area contributed by atoms with Crippen molar-refractivity contribution in [2.24, 2.45) is 17.1 Å². The van der Waals surface area contributed by atoms with Crippen molar-refractivity contribution in [2.75, 3.05) is 0 Å². The summed E-state index contributed by atoms with van der Waals surface area (Å²) in [6.07, 6.45) is 5.21. The van der Waals surface area contributed by atoms with E-state index in [1.807, 2.05) is 25.1 Å². The SMILES string of the molecule is CCC(=O)c1ccc(C[C@]2(C3=Cc4ccccc4C3)Cc3ccccc3[C@@H]2OC(=O)[C@@H](N)CC(C)C)cc1. The fourth-order valence-electron chi connectivity index (χ4n) is 6.19. The van der Waals surface area contributed by atoms with Crippen molar-refractivity contribution in [3.05, 3.63) is 112 Å². The molecule has 5 rings (SSSR count). The van der Waals surface area contributed by atoms with Gasteiger partial charge in [0, 0.05) is 17.4 Å². The van der Waals surface area contributed by atoms with Crippen LogP contribution in [0, 0.1) is 11.3 Å². The number of ketones is 1. The molecule has 0 aliphatic heterocycles. The molecule has 0 amide bonds. The number of hydrogen-bond acceptors (Lipinski definition) is 4. The number of benzene rings is 3. The predicted molar refractivity (Wildman–Crippen MR) is 152 cm³/mol. The third-order valence-electron chi connectivity index (χ3n) is 8.13. The van der Waals surface area contributed by atoms with Crippen molar-refractivity contribution in [2.45, 2.75) is 65.0 Å². The van der Waals surface area contributed by atoms with Crippen LogP contribution in [0.4, 0.5) is 0 Å². The Labute approximate surface area is 225 Å². The Morgan fingerprint density at radius 1 is 0.974 bits per heavy atom. The van der Waals surface area contributed by atoms with Crippen molar-refractivity contribution >= 4 is 17.8 Å². The number of carbonyl (C=O) groups excluding carboxylic acids is 2. The number of Topliss-reactive ketones (excluding diaryl/α,β-unsaturated/α-hetero) is 1. The number of rotatable bonds is 9. The van der Waals surface area contributed by atoms with Crippen molar-refractivity contribution in [1.82, 2.24) is 0 Å². The molecule has 2 aliphatic rings. The summed E-state index contributed by atoms with van der Waals surface area (Å²) in [6.45, 7) is 6.01. The van der Waals surface area contributed by atoms with Crippen LogP contribution >= 0.6 is 0 Å². The molecule has 0 heterocycles. The van der Waals surface area contributed by atoms with E-state index in [0.717, 1.165) is 29.5 Å². The number of esters is 1. The summed E-state index contributed by atoms with van der Waals surface area (Å²) in [5.41, 5.74) is 13.8. The molecular formula is C34H37NO3. The van der Waals surface area contributed by atoms with Crippen LogP contribution in [0.25, 0.3) is 6.08 Å². The first-order valence-corrected chi connectivity index (χ1v) is 13.8. The molecule has 0 saturated carbocycles. The second-order valence-electron chi connectivity index (χ2n) is 11.3. The average Bonchev–Trinajstić information content (AvgIpc) is 3.48. The van der Waals surface area contributed by atoms with E-state index in [0.29, 0.717) is 25.2 Å². The van der Waals surface area contributed by atoms with Gasteiger partial charge in [0.2, 0.25) is 0 Å². The second kappa shape index (κ2) is 10.7. The summed E-state index contributed by atoms with van der Waals surface area (Å²) >= 11 is 0. The maximum absolute atomic E-state index is 13.4. The fraction of sp³-hybridized carbons (Fsp3) is 0.353. The minimum atomic E-state index is -0.658. The summed E-state index contributed by atoms with van der Waals surface area (Å²) in [6, 6.07) is 24.1. The number of fused-ring (bicyclic) bond motifs is 2. The smallest absolute Gasteiger partial charge is 0.323 e. The van der Waals surface area contributed by atoms with E-state index in [9.17, 15) is 9.59 Å². The van der Waals surface area contributed by atoms with E-state index in [4.69, 9.17) is 10.5 Å². The molecule has 0 unspecified atom stereocenters. The Hall–Kier alpha value is -3.50. The van der Waals surface area contributed by atoms with E-state index < -0.39 is 17.6 Å². The molecule has 2 aliphatic carbocycles. The molecular weight excluding hydrogens is 470 g/mol. The predicted octanol–water partition coefficient (Wildman–Crippen LogP) is 6.66. The third-order valence-corrected chi connectivity index (χ3v) is 8.13. The summed E-state index contributed by atoms with van der Waals surface area (Å²) in [7, 11) is 0. The lowest BCUT2D eigenvalue weighted by Gasteiger charge is -2.38. The van der Waals surface area contributed by atoms with Crippen LogP contribution in [0.3, 0.4) is 0 Å². The Balaban J connectivity index is 1.58. The molecule has 0 fully saturated rings. The van der Waals surface area contributed by atoms with Crippen LogP contribution in [0.5, 0.6) is 0 Å². The molecule has 196 valence electrons. The summed E-state index contributed by atoms with van der Waals surface area (Å²) in [5.74, 6) is 0.0961. The fourth-order valence-corrected chi connectivity index (χ4v) is 6.19. The quantitative estimate of drug-likeness (QED) is 0.260. The third kappa shape index (κ3) is 4.98. The van der Waals surface area contributed by atoms with Gasteiger partial charge in [0.1, 0.15) is 12.1 Å². The number of carbonyl (C=O) groups is 2. The first-order chi connectivity index (χ1) is 18.3. The van der Waals surface area contributed by atoms with Gasteiger partial charge in [-0.05, 0) is 59.4 Å². The van der Waals surface area contributed by atoms with Gasteiger partial charge in [-0.15, -0.1) is 0 Å². The van der Waals surface area contributed by atoms with Gasteiger partial charge in [0.25, 0.3) is 0 Å². The van der Waals surface area contributed by atoms with E-state index in [-0.39, 0.29) is 11.8 Å². The lowest BCUT2D eigenvalue weighted by atomic mass is 9.70. The number of hydrogen-bond donors (Lipinski definition) is 1. The normalized spacial score (nSPS) is 20.6. The standard InChI is InChI=1S/C34H37NO3/c1-4-31(36)24-15-13-23(14-16-24)20-34(28-18-25-9-5-6-10-26(25)19-28)21-27-11-7-8-12-29(27)32(34)38-33(37)30(35)17-22(2)3/h5-16,18,22,30,32H,4,17,19-21,35H2,1-3H3/t30-,32-,34+/m0/s1. The molecule has 0 saturated heterocycles. The van der Waals surface area contributed by atoms with E-state index in [1.54, 1.807) is 0 Å². The molecule has 4 nitrogen and oxygen atoms in total. The molecule has 4 heteroatoms. The van der Waals surface area contributed by atoms with Crippen molar-refractivity contribution < 1.29 is 14.3 Å². The topological polar surface area (TPSA) is 69.4 Å². The highest BCUT2D eigenvalue weighted by Gasteiger charge is 2.51. The Bertz CT molecular complexity index is 1370. The van der Waals surface area contributed by atoms with Crippen LogP contribution < -0.4 is 5.73 Å². The minimum Gasteiger partial charge on any atom is -0.455 e. The first-order valence-electron chi connectivity index (χ1n) is 13.8. The molecule has 0 aromatic heterocycles. The largest absolute Gasteiger partial charge is 0.455 e. The van der Waals surface area contributed by atoms with Gasteiger partial charge in [-0.2, -0.15) is 0 Å². The molecule has 38 heavy (non-hydrogen) atoms. The molecule has 3 atom stereocenters. The highest BCUT2D eigenvalue weighted by Crippen LogP contribution is 2.56. The highest BCUT2D eigenvalue weighted by atomic mass is 16.5. The summed E-state index contributed by atoms with van der Waals surface area (Å²) in [4.78, 5) is 25.6. The van der Waals surface area contributed by atoms with Crippen LogP contribution in [0.1, 0.15) is 77.9 Å². The van der Waals surface area contributed by atoms with Crippen LogP contribution in [-0.4, -0.2) is 17.8 Å². The maximum Gasteiger partial charge on any atom is 0.323 e. The van der Waals surface area contributed by atoms with Gasteiger partial charge >= 0.3 is 5.97 Å². The van der Waals surface area contributed by atoms with E-state index >= 15 is 0 Å². The monoisotopic (exact) mass is 507 g/mol. The summed E-state index contributed by atoms with van der Waals surface area (Å²) < 4.78 is 6.42. The molecule has 2 N–H and O–H groups in total. The van der Waals surface area contributed by atoms with Crippen molar-refractivity contribution in [3.8, 4) is 0 Å². The first kappa shape index (κ1) is 26.1. The van der Waals surface area contributed by atoms with Gasteiger partial charge in [-0.3, -0.25) is 9.59 Å². The average molecular weight is 508 g/mol. The van der Waals surface area contributed by atoms with Gasteiger partial charge < -0.3 is 10.5 Å². The molecule has 0 spiro atoms. The van der Waals surface area contributed by atoms with Gasteiger partial charge in [-0.1, -0.05) is 105 Å². The molecule has 0 radical (unpaired) electrons. The van der Waals surface area contributed by atoms with Crippen LogP contribution in [0.15, 0.2) is 78.4 Å². The zero-order valence-electron chi connectivity index (χ0n) is 22.6. The zero-order valence-corrected chi connectivity index (χ0v) is 22.6. The van der Waals surface area contributed by atoms with Gasteiger partial charge in [0.15, 0.2) is 5.78 Å². The van der Waals surface area contributed by atoms with Gasteiger partial charge in [-0.25, -0.2) is 0 Å². The van der Waals surface area contributed by atoms with Crippen molar-refractivity contribution in [1.29, 1.82) is 0 Å².